The van der Waals surface area contributed by atoms with E-state index >= 15 is 0 Å². The number of benzene rings is 1. The van der Waals surface area contributed by atoms with Gasteiger partial charge in [-0.1, -0.05) is 39.0 Å². The Labute approximate surface area is 104 Å². The van der Waals surface area contributed by atoms with E-state index in [9.17, 15) is 4.39 Å². The quantitative estimate of drug-likeness (QED) is 0.634. The van der Waals surface area contributed by atoms with Gasteiger partial charge in [-0.15, -0.1) is 0 Å². The molecule has 0 atom stereocenters. The van der Waals surface area contributed by atoms with E-state index in [0.29, 0.717) is 0 Å². The first-order valence-electron chi connectivity index (χ1n) is 6.73. The van der Waals surface area contributed by atoms with Crippen molar-refractivity contribution < 1.29 is 4.39 Å². The highest BCUT2D eigenvalue weighted by Crippen LogP contribution is 2.13. The average molecular weight is 237 g/mol. The lowest BCUT2D eigenvalue weighted by molar-refractivity contribution is 0.616. The lowest BCUT2D eigenvalue weighted by Gasteiger charge is -2.07. The second-order valence-electron chi connectivity index (χ2n) is 4.71. The molecule has 0 aliphatic rings. The van der Waals surface area contributed by atoms with Crippen LogP contribution in [0.15, 0.2) is 18.2 Å². The standard InChI is InChI=1S/C15H24FN/c1-3-4-5-6-7-8-9-17-15-11-13(2)10-14(16)12-15/h10-12,17H,3-9H2,1-2H3. The number of unbranched alkanes of at least 4 members (excludes halogenated alkanes) is 5. The monoisotopic (exact) mass is 237 g/mol. The summed E-state index contributed by atoms with van der Waals surface area (Å²) in [5.74, 6) is -0.157. The maximum absolute atomic E-state index is 13.1. The van der Waals surface area contributed by atoms with Crippen molar-refractivity contribution in [2.75, 3.05) is 11.9 Å². The predicted molar refractivity (Wildman–Crippen MR) is 73.0 cm³/mol. The van der Waals surface area contributed by atoms with Crippen LogP contribution in [-0.4, -0.2) is 6.54 Å². The van der Waals surface area contributed by atoms with E-state index in [1.165, 1.54) is 38.5 Å². The first-order chi connectivity index (χ1) is 8.22. The maximum atomic E-state index is 13.1. The van der Waals surface area contributed by atoms with Crippen molar-refractivity contribution in [3.8, 4) is 0 Å². The number of rotatable bonds is 8. The van der Waals surface area contributed by atoms with Gasteiger partial charge >= 0.3 is 0 Å². The van der Waals surface area contributed by atoms with Crippen molar-refractivity contribution in [2.24, 2.45) is 0 Å². The highest BCUT2D eigenvalue weighted by molar-refractivity contribution is 5.45. The highest BCUT2D eigenvalue weighted by Gasteiger charge is 1.97. The molecule has 0 bridgehead atoms. The molecule has 0 saturated carbocycles. The molecule has 0 aromatic heterocycles. The highest BCUT2D eigenvalue weighted by atomic mass is 19.1. The first-order valence-corrected chi connectivity index (χ1v) is 6.73. The smallest absolute Gasteiger partial charge is 0.125 e. The van der Waals surface area contributed by atoms with Crippen molar-refractivity contribution >= 4 is 5.69 Å². The lowest BCUT2D eigenvalue weighted by atomic mass is 10.1. The van der Waals surface area contributed by atoms with Crippen molar-refractivity contribution in [1.82, 2.24) is 0 Å². The molecular weight excluding hydrogens is 213 g/mol. The van der Waals surface area contributed by atoms with Gasteiger partial charge < -0.3 is 5.32 Å². The van der Waals surface area contributed by atoms with Crippen LogP contribution in [-0.2, 0) is 0 Å². The van der Waals surface area contributed by atoms with Gasteiger partial charge in [0, 0.05) is 12.2 Å². The van der Waals surface area contributed by atoms with E-state index in [-0.39, 0.29) is 5.82 Å². The predicted octanol–water partition coefficient (Wildman–Crippen LogP) is 4.91. The largest absolute Gasteiger partial charge is 0.385 e. The summed E-state index contributed by atoms with van der Waals surface area (Å²) < 4.78 is 13.1. The molecule has 0 fully saturated rings. The summed E-state index contributed by atoms with van der Waals surface area (Å²) in [6.45, 7) is 5.09. The van der Waals surface area contributed by atoms with Crippen molar-refractivity contribution in [1.29, 1.82) is 0 Å². The van der Waals surface area contributed by atoms with Crippen LogP contribution in [0.5, 0.6) is 0 Å². The van der Waals surface area contributed by atoms with Gasteiger partial charge in [0.1, 0.15) is 5.82 Å². The third-order valence-electron chi connectivity index (χ3n) is 2.90. The summed E-state index contributed by atoms with van der Waals surface area (Å²) in [6.07, 6.45) is 7.73. The first kappa shape index (κ1) is 14.0. The summed E-state index contributed by atoms with van der Waals surface area (Å²) in [5.41, 5.74) is 1.87. The molecule has 0 aliphatic heterocycles. The minimum Gasteiger partial charge on any atom is -0.385 e. The number of aryl methyl sites for hydroxylation is 1. The zero-order chi connectivity index (χ0) is 12.5. The Kier molecular flexibility index (Phi) is 6.68. The summed E-state index contributed by atoms with van der Waals surface area (Å²) in [6, 6.07) is 5.10. The van der Waals surface area contributed by atoms with Crippen molar-refractivity contribution in [3.63, 3.8) is 0 Å². The van der Waals surface area contributed by atoms with E-state index in [0.717, 1.165) is 17.8 Å². The van der Waals surface area contributed by atoms with Crippen LogP contribution in [0, 0.1) is 12.7 Å². The molecule has 96 valence electrons. The molecule has 2 heteroatoms. The molecule has 1 rings (SSSR count). The summed E-state index contributed by atoms with van der Waals surface area (Å²) in [4.78, 5) is 0. The molecule has 0 radical (unpaired) electrons. The van der Waals surface area contributed by atoms with Gasteiger partial charge in [-0.05, 0) is 37.1 Å². The average Bonchev–Trinajstić information content (AvgIpc) is 2.26. The van der Waals surface area contributed by atoms with Gasteiger partial charge in [-0.25, -0.2) is 4.39 Å². The molecule has 0 unspecified atom stereocenters. The number of halogens is 1. The fraction of sp³-hybridized carbons (Fsp3) is 0.600. The summed E-state index contributed by atoms with van der Waals surface area (Å²) in [5, 5.41) is 3.28. The van der Waals surface area contributed by atoms with Crippen LogP contribution < -0.4 is 5.32 Å². The molecule has 0 amide bonds. The van der Waals surface area contributed by atoms with Gasteiger partial charge in [0.25, 0.3) is 0 Å². The Balaban J connectivity index is 2.13. The number of anilines is 1. The Morgan fingerprint density at radius 3 is 2.41 bits per heavy atom. The molecule has 0 saturated heterocycles. The maximum Gasteiger partial charge on any atom is 0.125 e. The van der Waals surface area contributed by atoms with Gasteiger partial charge in [-0.3, -0.25) is 0 Å². The minimum atomic E-state index is -0.157. The van der Waals surface area contributed by atoms with E-state index in [2.05, 4.69) is 12.2 Å². The van der Waals surface area contributed by atoms with E-state index < -0.39 is 0 Å². The molecule has 17 heavy (non-hydrogen) atoms. The van der Waals surface area contributed by atoms with Gasteiger partial charge in [0.05, 0.1) is 0 Å². The molecule has 1 nitrogen and oxygen atoms in total. The normalized spacial score (nSPS) is 10.5. The zero-order valence-corrected chi connectivity index (χ0v) is 11.1. The molecule has 1 N–H and O–H groups in total. The Bertz CT molecular complexity index is 302. The Morgan fingerprint density at radius 1 is 1.00 bits per heavy atom. The second kappa shape index (κ2) is 8.10. The summed E-state index contributed by atoms with van der Waals surface area (Å²) in [7, 11) is 0. The topological polar surface area (TPSA) is 12.0 Å². The second-order valence-corrected chi connectivity index (χ2v) is 4.71. The van der Waals surface area contributed by atoms with E-state index in [4.69, 9.17) is 0 Å². The van der Waals surface area contributed by atoms with Crippen molar-refractivity contribution in [3.05, 3.63) is 29.6 Å². The number of hydrogen-bond donors (Lipinski definition) is 1. The van der Waals surface area contributed by atoms with Crippen LogP contribution in [0.4, 0.5) is 10.1 Å². The van der Waals surface area contributed by atoms with Crippen LogP contribution in [0.1, 0.15) is 51.0 Å². The molecule has 0 aliphatic carbocycles. The van der Waals surface area contributed by atoms with E-state index in [1.54, 1.807) is 12.1 Å². The molecular formula is C15H24FN. The lowest BCUT2D eigenvalue weighted by Crippen LogP contribution is -2.02. The number of nitrogens with one attached hydrogen (secondary N) is 1. The SMILES string of the molecule is CCCCCCCCNc1cc(C)cc(F)c1. The fourth-order valence-electron chi connectivity index (χ4n) is 1.98. The fourth-order valence-corrected chi connectivity index (χ4v) is 1.98. The van der Waals surface area contributed by atoms with Gasteiger partial charge in [0.2, 0.25) is 0 Å². The van der Waals surface area contributed by atoms with Crippen LogP contribution in [0.25, 0.3) is 0 Å². The van der Waals surface area contributed by atoms with Crippen LogP contribution in [0.2, 0.25) is 0 Å². The number of hydrogen-bond acceptors (Lipinski definition) is 1. The van der Waals surface area contributed by atoms with E-state index in [1.807, 2.05) is 13.0 Å². The minimum absolute atomic E-state index is 0.157. The Morgan fingerprint density at radius 2 is 1.71 bits per heavy atom. The van der Waals surface area contributed by atoms with Gasteiger partial charge in [-0.2, -0.15) is 0 Å². The zero-order valence-electron chi connectivity index (χ0n) is 11.1. The van der Waals surface area contributed by atoms with Crippen LogP contribution in [0.3, 0.4) is 0 Å². The van der Waals surface area contributed by atoms with Gasteiger partial charge in [0.15, 0.2) is 0 Å². The van der Waals surface area contributed by atoms with Crippen LogP contribution >= 0.6 is 0 Å². The third kappa shape index (κ3) is 6.30. The summed E-state index contributed by atoms with van der Waals surface area (Å²) >= 11 is 0. The van der Waals surface area contributed by atoms with Crippen molar-refractivity contribution in [2.45, 2.75) is 52.4 Å². The third-order valence-corrected chi connectivity index (χ3v) is 2.90. The molecule has 0 heterocycles. The Hall–Kier alpha value is -1.05. The molecule has 1 aromatic rings. The molecule has 0 spiro atoms. The molecule has 1 aromatic carbocycles.